The Bertz CT molecular complexity index is 1010. The van der Waals surface area contributed by atoms with Gasteiger partial charge in [0.1, 0.15) is 11.6 Å². The Morgan fingerprint density at radius 2 is 1.62 bits per heavy atom. The van der Waals surface area contributed by atoms with E-state index in [-0.39, 0.29) is 16.1 Å². The first-order valence-electron chi connectivity index (χ1n) is 7.55. The van der Waals surface area contributed by atoms with Gasteiger partial charge in [0, 0.05) is 17.4 Å². The number of nitrogens with zero attached hydrogens (tertiary/aromatic N) is 1. The Morgan fingerprint density at radius 3 is 2.23 bits per heavy atom. The lowest BCUT2D eigenvalue weighted by Gasteiger charge is -2.09. The predicted molar refractivity (Wildman–Crippen MR) is 95.8 cm³/mol. The van der Waals surface area contributed by atoms with E-state index in [4.69, 9.17) is 0 Å². The Labute approximate surface area is 149 Å². The van der Waals surface area contributed by atoms with E-state index < -0.39 is 21.7 Å². The second-order valence-electron chi connectivity index (χ2n) is 5.31. The van der Waals surface area contributed by atoms with Crippen LogP contribution in [0.25, 0.3) is 0 Å². The van der Waals surface area contributed by atoms with Gasteiger partial charge in [-0.05, 0) is 60.7 Å². The Morgan fingerprint density at radius 1 is 0.923 bits per heavy atom. The van der Waals surface area contributed by atoms with Crippen molar-refractivity contribution in [2.45, 2.75) is 4.90 Å². The smallest absolute Gasteiger partial charge is 0.261 e. The molecule has 0 aliphatic rings. The molecule has 0 saturated heterocycles. The number of hydrogen-bond donors (Lipinski definition) is 2. The Kier molecular flexibility index (Phi) is 4.94. The van der Waals surface area contributed by atoms with E-state index in [1.807, 2.05) is 0 Å². The maximum atomic E-state index is 12.9. The summed E-state index contributed by atoms with van der Waals surface area (Å²) >= 11 is 0. The summed E-state index contributed by atoms with van der Waals surface area (Å²) < 4.78 is 39.9. The average Bonchev–Trinajstić information content (AvgIpc) is 2.64. The predicted octanol–water partition coefficient (Wildman–Crippen LogP) is 3.27. The number of nitrogens with one attached hydrogen (secondary N) is 2. The van der Waals surface area contributed by atoms with Crippen LogP contribution in [0.3, 0.4) is 0 Å². The molecular weight excluding hydrogens is 357 g/mol. The summed E-state index contributed by atoms with van der Waals surface area (Å²) in [7, 11) is -3.84. The Hall–Kier alpha value is -3.26. The van der Waals surface area contributed by atoms with Gasteiger partial charge >= 0.3 is 0 Å². The van der Waals surface area contributed by atoms with Crippen molar-refractivity contribution in [2.75, 3.05) is 10.0 Å². The highest BCUT2D eigenvalue weighted by Gasteiger charge is 2.15. The van der Waals surface area contributed by atoms with Crippen molar-refractivity contribution >= 4 is 27.4 Å². The van der Waals surface area contributed by atoms with Crippen LogP contribution in [0.4, 0.5) is 15.9 Å². The third kappa shape index (κ3) is 4.22. The first-order chi connectivity index (χ1) is 12.4. The molecule has 132 valence electrons. The number of carbonyl (C=O) groups excluding carboxylic acids is 1. The number of sulfonamides is 1. The van der Waals surface area contributed by atoms with Crippen LogP contribution in [0, 0.1) is 5.82 Å². The molecule has 2 N–H and O–H groups in total. The monoisotopic (exact) mass is 371 g/mol. The summed E-state index contributed by atoms with van der Waals surface area (Å²) in [5, 5.41) is 2.61. The van der Waals surface area contributed by atoms with Gasteiger partial charge in [-0.25, -0.2) is 17.8 Å². The first-order valence-corrected chi connectivity index (χ1v) is 9.03. The second kappa shape index (κ2) is 7.32. The summed E-state index contributed by atoms with van der Waals surface area (Å²) in [4.78, 5) is 16.1. The van der Waals surface area contributed by atoms with E-state index in [9.17, 15) is 17.6 Å². The van der Waals surface area contributed by atoms with E-state index in [2.05, 4.69) is 15.0 Å². The molecule has 0 unspecified atom stereocenters. The van der Waals surface area contributed by atoms with Gasteiger partial charge in [0.05, 0.1) is 4.90 Å². The third-order valence-electron chi connectivity index (χ3n) is 3.43. The largest absolute Gasteiger partial charge is 0.307 e. The van der Waals surface area contributed by atoms with Crippen molar-refractivity contribution in [3.8, 4) is 0 Å². The van der Waals surface area contributed by atoms with Crippen LogP contribution in [-0.2, 0) is 10.0 Å². The number of rotatable bonds is 5. The van der Waals surface area contributed by atoms with E-state index in [0.29, 0.717) is 5.82 Å². The van der Waals surface area contributed by atoms with Gasteiger partial charge in [0.2, 0.25) is 0 Å². The lowest BCUT2D eigenvalue weighted by Crippen LogP contribution is -2.15. The van der Waals surface area contributed by atoms with Gasteiger partial charge in [0.25, 0.3) is 15.9 Å². The molecule has 2 aromatic carbocycles. The van der Waals surface area contributed by atoms with Crippen LogP contribution >= 0.6 is 0 Å². The summed E-state index contributed by atoms with van der Waals surface area (Å²) in [6.07, 6.45) is 1.55. The molecule has 26 heavy (non-hydrogen) atoms. The molecule has 0 aliphatic carbocycles. The Balaban J connectivity index is 1.73. The number of aromatic nitrogens is 1. The topological polar surface area (TPSA) is 88.2 Å². The number of amides is 1. The maximum Gasteiger partial charge on any atom is 0.261 e. The molecule has 6 nitrogen and oxygen atoms in total. The summed E-state index contributed by atoms with van der Waals surface area (Å²) in [6.45, 7) is 0. The molecule has 1 aromatic heterocycles. The minimum atomic E-state index is -3.84. The number of carbonyl (C=O) groups is 1. The fourth-order valence-corrected chi connectivity index (χ4v) is 3.20. The van der Waals surface area contributed by atoms with Gasteiger partial charge < -0.3 is 5.32 Å². The van der Waals surface area contributed by atoms with E-state index in [0.717, 1.165) is 12.1 Å². The first kappa shape index (κ1) is 17.6. The van der Waals surface area contributed by atoms with Crippen molar-refractivity contribution in [1.82, 2.24) is 4.98 Å². The normalized spacial score (nSPS) is 11.0. The van der Waals surface area contributed by atoms with Crippen molar-refractivity contribution in [2.24, 2.45) is 0 Å². The zero-order valence-electron chi connectivity index (χ0n) is 13.4. The molecular formula is C18H14FN3O3S. The van der Waals surface area contributed by atoms with E-state index in [1.54, 1.807) is 24.4 Å². The number of halogens is 1. The highest BCUT2D eigenvalue weighted by atomic mass is 32.2. The molecule has 0 bridgehead atoms. The third-order valence-corrected chi connectivity index (χ3v) is 4.83. The van der Waals surface area contributed by atoms with Gasteiger partial charge in [-0.1, -0.05) is 6.07 Å². The molecule has 3 aromatic rings. The molecule has 0 radical (unpaired) electrons. The zero-order valence-corrected chi connectivity index (χ0v) is 14.2. The van der Waals surface area contributed by atoms with E-state index in [1.165, 1.54) is 36.4 Å². The molecule has 8 heteroatoms. The summed E-state index contributed by atoms with van der Waals surface area (Å²) in [5.41, 5.74) is 0.528. The fourth-order valence-electron chi connectivity index (χ4n) is 2.14. The summed E-state index contributed by atoms with van der Waals surface area (Å²) in [6, 6.07) is 15.5. The van der Waals surface area contributed by atoms with Gasteiger partial charge in [-0.3, -0.25) is 9.52 Å². The molecule has 0 aliphatic heterocycles. The minimum Gasteiger partial charge on any atom is -0.307 e. The molecule has 0 spiro atoms. The van der Waals surface area contributed by atoms with Crippen molar-refractivity contribution in [1.29, 1.82) is 0 Å². The van der Waals surface area contributed by atoms with Crippen LogP contribution in [0.15, 0.2) is 77.8 Å². The molecule has 0 atom stereocenters. The van der Waals surface area contributed by atoms with Crippen LogP contribution < -0.4 is 10.0 Å². The molecule has 0 fully saturated rings. The number of benzene rings is 2. The number of hydrogen-bond acceptors (Lipinski definition) is 4. The number of pyridine rings is 1. The SMILES string of the molecule is O=C(Nc1ccccn1)c1ccc(S(=O)(=O)Nc2ccc(F)cc2)cc1. The minimum absolute atomic E-state index is 0.0174. The highest BCUT2D eigenvalue weighted by Crippen LogP contribution is 2.17. The average molecular weight is 371 g/mol. The quantitative estimate of drug-likeness (QED) is 0.720. The standard InChI is InChI=1S/C18H14FN3O3S/c19-14-6-8-15(9-7-14)22-26(24,25)16-10-4-13(5-11-16)18(23)21-17-3-1-2-12-20-17/h1-12,22H,(H,20,21,23). The lowest BCUT2D eigenvalue weighted by molar-refractivity contribution is 0.102. The van der Waals surface area contributed by atoms with E-state index >= 15 is 0 Å². The molecule has 1 heterocycles. The van der Waals surface area contributed by atoms with Crippen LogP contribution in [-0.4, -0.2) is 19.3 Å². The zero-order chi connectivity index (χ0) is 18.6. The molecule has 0 saturated carbocycles. The molecule has 1 amide bonds. The molecule has 3 rings (SSSR count). The van der Waals surface area contributed by atoms with Gasteiger partial charge in [-0.2, -0.15) is 0 Å². The van der Waals surface area contributed by atoms with Crippen molar-refractivity contribution in [3.05, 3.63) is 84.3 Å². The lowest BCUT2D eigenvalue weighted by atomic mass is 10.2. The van der Waals surface area contributed by atoms with Gasteiger partial charge in [0.15, 0.2) is 0 Å². The summed E-state index contributed by atoms with van der Waals surface area (Å²) in [5.74, 6) is -0.470. The highest BCUT2D eigenvalue weighted by molar-refractivity contribution is 7.92. The van der Waals surface area contributed by atoms with Crippen LogP contribution in [0.2, 0.25) is 0 Å². The van der Waals surface area contributed by atoms with Crippen molar-refractivity contribution < 1.29 is 17.6 Å². The fraction of sp³-hybridized carbons (Fsp3) is 0. The second-order valence-corrected chi connectivity index (χ2v) is 6.99. The van der Waals surface area contributed by atoms with Crippen LogP contribution in [0.1, 0.15) is 10.4 Å². The van der Waals surface area contributed by atoms with Gasteiger partial charge in [-0.15, -0.1) is 0 Å². The van der Waals surface area contributed by atoms with Crippen molar-refractivity contribution in [3.63, 3.8) is 0 Å². The number of anilines is 2. The maximum absolute atomic E-state index is 12.9. The van der Waals surface area contributed by atoms with Crippen LogP contribution in [0.5, 0.6) is 0 Å².